The third-order valence-corrected chi connectivity index (χ3v) is 4.41. The molecule has 2 aromatic rings. The van der Waals surface area contributed by atoms with Gasteiger partial charge in [-0.25, -0.2) is 0 Å². The van der Waals surface area contributed by atoms with Crippen LogP contribution in [-0.2, 0) is 0 Å². The van der Waals surface area contributed by atoms with Gasteiger partial charge < -0.3 is 15.7 Å². The minimum atomic E-state index is -5.14. The molecule has 0 amide bonds. The molecule has 9 heteroatoms. The molecule has 1 fully saturated rings. The van der Waals surface area contributed by atoms with Crippen molar-refractivity contribution in [3.63, 3.8) is 0 Å². The van der Waals surface area contributed by atoms with Crippen LogP contribution in [0, 0.1) is 5.92 Å². The van der Waals surface area contributed by atoms with Gasteiger partial charge in [0.2, 0.25) is 5.72 Å². The first kappa shape index (κ1) is 18.3. The van der Waals surface area contributed by atoms with Crippen molar-refractivity contribution in [2.45, 2.75) is 17.9 Å². The number of aliphatic hydroxyl groups is 1. The Labute approximate surface area is 152 Å². The van der Waals surface area contributed by atoms with Crippen LogP contribution in [0.4, 0.5) is 13.2 Å². The molecule has 0 saturated carbocycles. The lowest BCUT2D eigenvalue weighted by Gasteiger charge is -2.46. The summed E-state index contributed by atoms with van der Waals surface area (Å²) in [5.74, 6) is -2.79. The van der Waals surface area contributed by atoms with E-state index >= 15 is 0 Å². The lowest BCUT2D eigenvalue weighted by Crippen LogP contribution is -2.72. The Morgan fingerprint density at radius 2 is 1.88 bits per heavy atom. The molecule has 0 aliphatic carbocycles. The van der Waals surface area contributed by atoms with Crippen LogP contribution in [0.25, 0.3) is 0 Å². The molecule has 0 spiro atoms. The number of nitrogens with zero attached hydrogens (tertiary/aromatic N) is 1. The van der Waals surface area contributed by atoms with E-state index in [-0.39, 0.29) is 5.56 Å². The smallest absolute Gasteiger partial charge is 0.363 e. The number of hydrogen-bond acceptors (Lipinski definition) is 4. The molecule has 1 aromatic heterocycles. The van der Waals surface area contributed by atoms with Crippen LogP contribution in [0.15, 0.2) is 54.9 Å². The third-order valence-electron chi connectivity index (χ3n) is 4.19. The van der Waals surface area contributed by atoms with Gasteiger partial charge in [0.25, 0.3) is 0 Å². The van der Waals surface area contributed by atoms with Gasteiger partial charge >= 0.3 is 6.18 Å². The van der Waals surface area contributed by atoms with Gasteiger partial charge in [0.1, 0.15) is 5.92 Å². The first-order chi connectivity index (χ1) is 12.2. The molecule has 2 heterocycles. The van der Waals surface area contributed by atoms with Gasteiger partial charge in [-0.2, -0.15) is 13.2 Å². The van der Waals surface area contributed by atoms with Crippen molar-refractivity contribution < 1.29 is 23.1 Å². The molecule has 3 rings (SSSR count). The summed E-state index contributed by atoms with van der Waals surface area (Å²) in [5.41, 5.74) is -3.18. The highest BCUT2D eigenvalue weighted by atomic mass is 32.1. The quantitative estimate of drug-likeness (QED) is 0.560. The van der Waals surface area contributed by atoms with Crippen molar-refractivity contribution in [1.82, 2.24) is 15.6 Å². The predicted molar refractivity (Wildman–Crippen MR) is 91.1 cm³/mol. The van der Waals surface area contributed by atoms with E-state index in [9.17, 15) is 23.1 Å². The van der Waals surface area contributed by atoms with E-state index in [0.29, 0.717) is 5.56 Å². The number of aromatic nitrogens is 1. The van der Waals surface area contributed by atoms with E-state index in [2.05, 4.69) is 10.3 Å². The topological polar surface area (TPSA) is 74.2 Å². The zero-order valence-electron chi connectivity index (χ0n) is 13.2. The number of benzene rings is 1. The summed E-state index contributed by atoms with van der Waals surface area (Å²) in [6.07, 6.45) is -2.37. The monoisotopic (exact) mass is 381 g/mol. The summed E-state index contributed by atoms with van der Waals surface area (Å²) in [5, 5.41) is 14.6. The standard InChI is InChI=1S/C17H14F3N3O2S/c18-17(19,20)16(25)12(14(24)10-5-2-1-3-6-10)13(22-15(26)23-16)11-7-4-8-21-9-11/h1-9,12-13,25H,(H2,22,23,26)/t12-,13-,16+/m0/s1. The van der Waals surface area contributed by atoms with Crippen LogP contribution in [0.3, 0.4) is 0 Å². The van der Waals surface area contributed by atoms with Crippen LogP contribution >= 0.6 is 12.2 Å². The number of Topliss-reactive ketones (excluding diaryl/α,β-unsaturated/α-hetero) is 1. The Kier molecular flexibility index (Phi) is 4.68. The number of halogens is 3. The van der Waals surface area contributed by atoms with Gasteiger partial charge in [-0.1, -0.05) is 36.4 Å². The van der Waals surface area contributed by atoms with Gasteiger partial charge in [0.15, 0.2) is 10.9 Å². The second-order valence-electron chi connectivity index (χ2n) is 5.83. The number of hydrogen-bond donors (Lipinski definition) is 3. The third kappa shape index (κ3) is 3.15. The largest absolute Gasteiger partial charge is 0.437 e. The van der Waals surface area contributed by atoms with Gasteiger partial charge in [-0.05, 0) is 23.8 Å². The SMILES string of the molecule is O=C(c1ccccc1)[C@@H]1[C@H](c2cccnc2)NC(=S)N[C@]1(O)C(F)(F)F. The highest BCUT2D eigenvalue weighted by molar-refractivity contribution is 7.80. The molecule has 0 unspecified atom stereocenters. The molecule has 136 valence electrons. The fourth-order valence-corrected chi connectivity index (χ4v) is 3.24. The Morgan fingerprint density at radius 3 is 2.46 bits per heavy atom. The number of ketones is 1. The van der Waals surface area contributed by atoms with Crippen molar-refractivity contribution in [3.05, 3.63) is 66.0 Å². The number of carbonyl (C=O) groups excluding carboxylic acids is 1. The van der Waals surface area contributed by atoms with Gasteiger partial charge in [-0.3, -0.25) is 9.78 Å². The van der Waals surface area contributed by atoms with Crippen molar-refractivity contribution >= 4 is 23.1 Å². The molecule has 1 aliphatic rings. The molecule has 1 saturated heterocycles. The predicted octanol–water partition coefficient (Wildman–Crippen LogP) is 2.35. The molecular weight excluding hydrogens is 367 g/mol. The Hall–Kier alpha value is -2.52. The minimum Gasteiger partial charge on any atom is -0.363 e. The van der Waals surface area contributed by atoms with Gasteiger partial charge in [0, 0.05) is 18.0 Å². The number of rotatable bonds is 3. The number of pyridine rings is 1. The second-order valence-corrected chi connectivity index (χ2v) is 6.24. The molecule has 1 aromatic carbocycles. The summed E-state index contributed by atoms with van der Waals surface area (Å²) in [4.78, 5) is 16.8. The van der Waals surface area contributed by atoms with Crippen LogP contribution < -0.4 is 10.6 Å². The van der Waals surface area contributed by atoms with Crippen molar-refractivity contribution in [1.29, 1.82) is 0 Å². The van der Waals surface area contributed by atoms with E-state index in [1.54, 1.807) is 6.07 Å². The highest BCUT2D eigenvalue weighted by Crippen LogP contribution is 2.43. The molecule has 0 bridgehead atoms. The Bertz CT molecular complexity index is 817. The van der Waals surface area contributed by atoms with Gasteiger partial charge in [-0.15, -0.1) is 0 Å². The van der Waals surface area contributed by atoms with Crippen molar-refractivity contribution in [3.8, 4) is 0 Å². The van der Waals surface area contributed by atoms with E-state index < -0.39 is 34.8 Å². The van der Waals surface area contributed by atoms with E-state index in [1.807, 2.05) is 5.32 Å². The molecule has 3 N–H and O–H groups in total. The molecule has 26 heavy (non-hydrogen) atoms. The normalized spacial score (nSPS) is 25.9. The Morgan fingerprint density at radius 1 is 1.19 bits per heavy atom. The summed E-state index contributed by atoms with van der Waals surface area (Å²) >= 11 is 4.84. The molecule has 1 aliphatic heterocycles. The van der Waals surface area contributed by atoms with Crippen LogP contribution in [-0.4, -0.2) is 32.9 Å². The molecule has 5 nitrogen and oxygen atoms in total. The maximum Gasteiger partial charge on any atom is 0.437 e. The minimum absolute atomic E-state index is 0.0467. The number of carbonyl (C=O) groups is 1. The average molecular weight is 381 g/mol. The summed E-state index contributed by atoms with van der Waals surface area (Å²) in [6.45, 7) is 0. The molecule has 0 radical (unpaired) electrons. The van der Waals surface area contributed by atoms with Crippen molar-refractivity contribution in [2.75, 3.05) is 0 Å². The zero-order valence-corrected chi connectivity index (χ0v) is 14.0. The fraction of sp³-hybridized carbons (Fsp3) is 0.235. The maximum atomic E-state index is 13.7. The van der Waals surface area contributed by atoms with Crippen LogP contribution in [0.1, 0.15) is 22.0 Å². The molecular formula is C17H14F3N3O2S. The second kappa shape index (κ2) is 6.65. The lowest BCUT2D eigenvalue weighted by molar-refractivity contribution is -0.285. The number of alkyl halides is 3. The first-order valence-electron chi connectivity index (χ1n) is 7.61. The van der Waals surface area contributed by atoms with Crippen molar-refractivity contribution in [2.24, 2.45) is 5.92 Å². The fourth-order valence-electron chi connectivity index (χ4n) is 2.96. The lowest BCUT2D eigenvalue weighted by atomic mass is 9.77. The summed E-state index contributed by atoms with van der Waals surface area (Å²) < 4.78 is 41.2. The molecule has 3 atom stereocenters. The van der Waals surface area contributed by atoms with Gasteiger partial charge in [0.05, 0.1) is 6.04 Å². The maximum absolute atomic E-state index is 13.7. The average Bonchev–Trinajstić information content (AvgIpc) is 2.61. The van der Waals surface area contributed by atoms with E-state index in [1.165, 1.54) is 48.8 Å². The summed E-state index contributed by atoms with van der Waals surface area (Å²) in [7, 11) is 0. The van der Waals surface area contributed by atoms with Crippen LogP contribution in [0.5, 0.6) is 0 Å². The number of thiocarbonyl (C=S) groups is 1. The Balaban J connectivity index is 2.15. The van der Waals surface area contributed by atoms with E-state index in [4.69, 9.17) is 12.2 Å². The van der Waals surface area contributed by atoms with E-state index in [0.717, 1.165) is 0 Å². The van der Waals surface area contributed by atoms with Crippen LogP contribution in [0.2, 0.25) is 0 Å². The zero-order chi connectivity index (χ0) is 18.9. The summed E-state index contributed by atoms with van der Waals surface area (Å²) in [6, 6.07) is 9.33. The number of nitrogens with one attached hydrogen (secondary N) is 2. The first-order valence-corrected chi connectivity index (χ1v) is 8.02. The highest BCUT2D eigenvalue weighted by Gasteiger charge is 2.65.